The Labute approximate surface area is 280 Å². The number of nitrogens with one attached hydrogen (secondary N) is 1. The zero-order valence-electron chi connectivity index (χ0n) is 30.5. The molecule has 1 unspecified atom stereocenters. The lowest BCUT2D eigenvalue weighted by molar-refractivity contribution is -0.122. The Morgan fingerprint density at radius 3 is 1.47 bits per heavy atom. The molecule has 0 fully saturated rings. The van der Waals surface area contributed by atoms with E-state index in [1.807, 2.05) is 0 Å². The molecule has 0 bridgehead atoms. The minimum atomic E-state index is -0.131. The topological polar surface area (TPSA) is 64.6 Å². The van der Waals surface area contributed by atoms with Crippen LogP contribution in [-0.2, 0) is 19.1 Å². The Balaban J connectivity index is 4.26. The zero-order valence-corrected chi connectivity index (χ0v) is 30.5. The molecule has 0 saturated heterocycles. The average Bonchev–Trinajstić information content (AvgIpc) is 3.03. The molecule has 5 heteroatoms. The van der Waals surface area contributed by atoms with Gasteiger partial charge in [0.05, 0.1) is 18.5 Å². The van der Waals surface area contributed by atoms with E-state index in [1.54, 1.807) is 0 Å². The molecule has 0 radical (unpaired) electrons. The minimum Gasteiger partial charge on any atom is -0.495 e. The summed E-state index contributed by atoms with van der Waals surface area (Å²) in [6.07, 6.45) is 33.3. The molecule has 0 saturated carbocycles. The maximum atomic E-state index is 12.7. The van der Waals surface area contributed by atoms with Gasteiger partial charge in [0, 0.05) is 38.8 Å². The number of amides is 1. The Kier molecular flexibility index (Phi) is 34.4. The molecule has 0 aromatic heterocycles. The Morgan fingerprint density at radius 1 is 0.533 bits per heavy atom. The van der Waals surface area contributed by atoms with Gasteiger partial charge in [-0.25, -0.2) is 0 Å². The van der Waals surface area contributed by atoms with Crippen molar-refractivity contribution in [1.82, 2.24) is 5.32 Å². The van der Waals surface area contributed by atoms with E-state index < -0.39 is 0 Å². The van der Waals surface area contributed by atoms with Crippen molar-refractivity contribution in [2.45, 2.75) is 213 Å². The monoisotopic (exact) mass is 636 g/mol. The number of Topliss-reactive ketones (excluding diaryl/α,β-unsaturated/α-hetero) is 1. The first kappa shape index (κ1) is 43.6. The van der Waals surface area contributed by atoms with Crippen molar-refractivity contribution >= 4 is 11.7 Å². The predicted molar refractivity (Wildman–Crippen MR) is 194 cm³/mol. The van der Waals surface area contributed by atoms with Gasteiger partial charge in [-0.05, 0) is 32.1 Å². The molecule has 0 heterocycles. The highest BCUT2D eigenvalue weighted by atomic mass is 16.5. The second-order valence-electron chi connectivity index (χ2n) is 13.4. The van der Waals surface area contributed by atoms with Crippen molar-refractivity contribution in [3.63, 3.8) is 0 Å². The van der Waals surface area contributed by atoms with Crippen LogP contribution in [0.1, 0.15) is 207 Å². The first-order valence-electron chi connectivity index (χ1n) is 19.7. The van der Waals surface area contributed by atoms with E-state index in [2.05, 4.69) is 32.7 Å². The molecule has 266 valence electrons. The quantitative estimate of drug-likeness (QED) is 0.0545. The number of unbranched alkanes of at least 4 members (excludes halogenated alkanes) is 20. The van der Waals surface area contributed by atoms with Gasteiger partial charge in [-0.2, -0.15) is 0 Å². The van der Waals surface area contributed by atoms with Gasteiger partial charge in [-0.3, -0.25) is 9.59 Å². The number of hydrogen-bond donors (Lipinski definition) is 1. The van der Waals surface area contributed by atoms with Gasteiger partial charge in [0.25, 0.3) is 0 Å². The highest BCUT2D eigenvalue weighted by Gasteiger charge is 2.16. The number of rotatable bonds is 37. The number of ether oxygens (including phenoxy) is 2. The summed E-state index contributed by atoms with van der Waals surface area (Å²) in [6, 6.07) is 0. The summed E-state index contributed by atoms with van der Waals surface area (Å²) in [7, 11) is 0. The first-order valence-corrected chi connectivity index (χ1v) is 19.7. The second kappa shape index (κ2) is 35.5. The van der Waals surface area contributed by atoms with Crippen molar-refractivity contribution in [1.29, 1.82) is 0 Å². The van der Waals surface area contributed by atoms with E-state index in [0.717, 1.165) is 44.5 Å². The molecule has 0 aromatic rings. The molecular formula is C40H77NO4. The van der Waals surface area contributed by atoms with Gasteiger partial charge in [-0.15, -0.1) is 0 Å². The molecule has 45 heavy (non-hydrogen) atoms. The average molecular weight is 636 g/mol. The molecular weight excluding hydrogens is 558 g/mol. The van der Waals surface area contributed by atoms with E-state index in [-0.39, 0.29) is 12.0 Å². The Bertz CT molecular complexity index is 665. The number of allylic oxidation sites excluding steroid dienone is 1. The van der Waals surface area contributed by atoms with Crippen molar-refractivity contribution in [3.8, 4) is 0 Å². The lowest BCUT2D eigenvalue weighted by Gasteiger charge is -2.20. The third-order valence-electron chi connectivity index (χ3n) is 8.81. The summed E-state index contributed by atoms with van der Waals surface area (Å²) in [6.45, 7) is 12.6. The van der Waals surface area contributed by atoms with Crippen LogP contribution in [0.3, 0.4) is 0 Å². The molecule has 1 N–H and O–H groups in total. The zero-order chi connectivity index (χ0) is 33.1. The van der Waals surface area contributed by atoms with Crippen LogP contribution in [0.2, 0.25) is 0 Å². The van der Waals surface area contributed by atoms with Crippen molar-refractivity contribution < 1.29 is 19.1 Å². The minimum absolute atomic E-state index is 0.0203. The number of carbonyl (C=O) groups is 2. The Morgan fingerprint density at radius 2 is 0.978 bits per heavy atom. The smallest absolute Gasteiger partial charge is 0.220 e. The van der Waals surface area contributed by atoms with Crippen LogP contribution in [-0.4, -0.2) is 37.6 Å². The molecule has 0 aliphatic carbocycles. The van der Waals surface area contributed by atoms with E-state index >= 15 is 0 Å². The van der Waals surface area contributed by atoms with Crippen LogP contribution in [0.4, 0.5) is 0 Å². The van der Waals surface area contributed by atoms with E-state index in [9.17, 15) is 9.59 Å². The number of carbonyl (C=O) groups excluding carboxylic acids is 2. The normalized spacial score (nSPS) is 11.9. The molecule has 0 rings (SSSR count). The van der Waals surface area contributed by atoms with Gasteiger partial charge >= 0.3 is 0 Å². The largest absolute Gasteiger partial charge is 0.495 e. The molecule has 0 aliphatic rings. The van der Waals surface area contributed by atoms with Gasteiger partial charge in [-0.1, -0.05) is 156 Å². The molecule has 0 aromatic carbocycles. The fourth-order valence-corrected chi connectivity index (χ4v) is 5.87. The molecule has 0 spiro atoms. The van der Waals surface area contributed by atoms with Crippen LogP contribution in [0, 0.1) is 0 Å². The number of hydrogen-bond acceptors (Lipinski definition) is 4. The molecule has 1 atom stereocenters. The fourth-order valence-electron chi connectivity index (χ4n) is 5.87. The highest BCUT2D eigenvalue weighted by Crippen LogP contribution is 2.20. The summed E-state index contributed by atoms with van der Waals surface area (Å²) >= 11 is 0. The SMILES string of the molecule is C=C(CCCCCCCCCCCCC)OC(CCC(=O)CCCCCCCCCCCCC)CCC(=O)NCCOCCC. The third-order valence-corrected chi connectivity index (χ3v) is 8.81. The number of ketones is 1. The molecule has 1 amide bonds. The van der Waals surface area contributed by atoms with E-state index in [0.29, 0.717) is 51.0 Å². The first-order chi connectivity index (χ1) is 22.0. The second-order valence-corrected chi connectivity index (χ2v) is 13.4. The van der Waals surface area contributed by atoms with Crippen molar-refractivity contribution in [2.24, 2.45) is 0 Å². The van der Waals surface area contributed by atoms with E-state index in [1.165, 1.54) is 122 Å². The van der Waals surface area contributed by atoms with Gasteiger partial charge < -0.3 is 14.8 Å². The standard InChI is InChI=1S/C40H77NO4/c1-5-8-10-12-14-16-18-20-22-24-26-28-37(4)45-39(32-33-40(43)41-34-36-44-35-7-3)31-30-38(42)29-27-25-23-21-19-17-15-13-11-9-6-2/h39H,4-36H2,1-3H3,(H,41,43). The highest BCUT2D eigenvalue weighted by molar-refractivity contribution is 5.78. The van der Waals surface area contributed by atoms with E-state index in [4.69, 9.17) is 9.47 Å². The summed E-state index contributed by atoms with van der Waals surface area (Å²) in [4.78, 5) is 25.1. The molecule has 5 nitrogen and oxygen atoms in total. The lowest BCUT2D eigenvalue weighted by atomic mass is 10.0. The summed E-state index contributed by atoms with van der Waals surface area (Å²) in [5, 5.41) is 2.95. The lowest BCUT2D eigenvalue weighted by Crippen LogP contribution is -2.28. The third kappa shape index (κ3) is 33.8. The van der Waals surface area contributed by atoms with Crippen LogP contribution in [0.25, 0.3) is 0 Å². The van der Waals surface area contributed by atoms with Crippen LogP contribution >= 0.6 is 0 Å². The fraction of sp³-hybridized carbons (Fsp3) is 0.900. The van der Waals surface area contributed by atoms with Gasteiger partial charge in [0.2, 0.25) is 5.91 Å². The summed E-state index contributed by atoms with van der Waals surface area (Å²) in [5.41, 5.74) is 0. The van der Waals surface area contributed by atoms with Crippen LogP contribution < -0.4 is 5.32 Å². The maximum Gasteiger partial charge on any atom is 0.220 e. The summed E-state index contributed by atoms with van der Waals surface area (Å²) in [5.74, 6) is 1.15. The van der Waals surface area contributed by atoms with Gasteiger partial charge in [0.15, 0.2) is 0 Å². The van der Waals surface area contributed by atoms with Gasteiger partial charge in [0.1, 0.15) is 5.78 Å². The molecule has 0 aliphatic heterocycles. The maximum absolute atomic E-state index is 12.7. The van der Waals surface area contributed by atoms with Crippen LogP contribution in [0.15, 0.2) is 12.3 Å². The van der Waals surface area contributed by atoms with Crippen LogP contribution in [0.5, 0.6) is 0 Å². The predicted octanol–water partition coefficient (Wildman–Crippen LogP) is 12.0. The summed E-state index contributed by atoms with van der Waals surface area (Å²) < 4.78 is 11.7. The Hall–Kier alpha value is -1.36. The van der Waals surface area contributed by atoms with Crippen molar-refractivity contribution in [2.75, 3.05) is 19.8 Å². The van der Waals surface area contributed by atoms with Crippen molar-refractivity contribution in [3.05, 3.63) is 12.3 Å².